The van der Waals surface area contributed by atoms with Gasteiger partial charge in [0.05, 0.1) is 4.90 Å². The van der Waals surface area contributed by atoms with Crippen LogP contribution in [-0.2, 0) is 28.6 Å². The maximum Gasteiger partial charge on any atom is 0.200 e. The zero-order valence-electron chi connectivity index (χ0n) is 45.2. The number of allylic oxidation sites excluding steroid dienone is 10. The van der Waals surface area contributed by atoms with Gasteiger partial charge in [0, 0.05) is 74.0 Å². The highest BCUT2D eigenvalue weighted by atomic mass is 32.2. The number of hydrogen-bond donors (Lipinski definition) is 0. The van der Waals surface area contributed by atoms with E-state index < -0.39 is 10.1 Å². The lowest BCUT2D eigenvalue weighted by Crippen LogP contribution is -2.22. The van der Waals surface area contributed by atoms with E-state index in [2.05, 4.69) is 227 Å². The molecule has 6 aromatic rings. The van der Waals surface area contributed by atoms with Crippen LogP contribution in [0.4, 0.5) is 11.4 Å². The molecule has 8 rings (SSSR count). The van der Waals surface area contributed by atoms with E-state index in [0.717, 1.165) is 54.3 Å². The standard InChI is InChI=1S/C43H48N2O3S.C23H25N2/c1-8-44(29-33-14-10-12-31(3)26-33)38-21-16-35(17-22-38)42(40-25-20-37(43(5,6)7)28-41(40)49(46,47)48)36-18-23-39(24-19-36)45(9-2)30-34-15-11-13-32(4)27-34;1-24(2)21-14-10-19(11-15-21)23(18-8-6-5-7-9-18)20-12-16-22(17-13-20)25(3)4/h10-28H,8-9,29-30H2,1-7H3;5-17H,1-4H3/q;+1. The van der Waals surface area contributed by atoms with Crippen LogP contribution in [0.15, 0.2) is 210 Å². The van der Waals surface area contributed by atoms with Crippen molar-refractivity contribution in [2.75, 3.05) is 51.1 Å². The second kappa shape index (κ2) is 24.1. The zero-order chi connectivity index (χ0) is 53.2. The minimum Gasteiger partial charge on any atom is -0.744 e. The Labute approximate surface area is 442 Å². The van der Waals surface area contributed by atoms with Crippen LogP contribution in [0.2, 0.25) is 0 Å². The van der Waals surface area contributed by atoms with Gasteiger partial charge in [0.25, 0.3) is 0 Å². The molecule has 2 aliphatic rings. The maximum atomic E-state index is 12.9. The first-order chi connectivity index (χ1) is 35.3. The Kier molecular flexibility index (Phi) is 17.7. The Balaban J connectivity index is 0.000000267. The Bertz CT molecular complexity index is 3300. The van der Waals surface area contributed by atoms with Gasteiger partial charge in [-0.3, -0.25) is 0 Å². The van der Waals surface area contributed by atoms with E-state index in [0.29, 0.717) is 11.1 Å². The van der Waals surface area contributed by atoms with Crippen molar-refractivity contribution >= 4 is 44.1 Å². The molecule has 0 heterocycles. The van der Waals surface area contributed by atoms with Crippen LogP contribution in [0.1, 0.15) is 84.7 Å². The summed E-state index contributed by atoms with van der Waals surface area (Å²) in [5.41, 5.74) is 17.7. The highest BCUT2D eigenvalue weighted by Gasteiger charge is 2.23. The van der Waals surface area contributed by atoms with Crippen molar-refractivity contribution in [1.29, 1.82) is 0 Å². The topological polar surface area (TPSA) is 69.7 Å². The largest absolute Gasteiger partial charge is 0.744 e. The van der Waals surface area contributed by atoms with Gasteiger partial charge in [-0.15, -0.1) is 0 Å². The third-order valence-electron chi connectivity index (χ3n) is 13.5. The molecule has 74 heavy (non-hydrogen) atoms. The van der Waals surface area contributed by atoms with Crippen LogP contribution in [0, 0.1) is 13.8 Å². The summed E-state index contributed by atoms with van der Waals surface area (Å²) in [5, 5.41) is 0. The molecule has 0 aliphatic heterocycles. The molecule has 2 aliphatic carbocycles. The highest BCUT2D eigenvalue weighted by molar-refractivity contribution is 7.85. The van der Waals surface area contributed by atoms with Crippen LogP contribution < -0.4 is 9.80 Å². The molecule has 6 aromatic carbocycles. The molecule has 0 amide bonds. The fourth-order valence-electron chi connectivity index (χ4n) is 9.35. The van der Waals surface area contributed by atoms with Crippen molar-refractivity contribution in [2.45, 2.75) is 71.9 Å². The normalized spacial score (nSPS) is 13.1. The fourth-order valence-corrected chi connectivity index (χ4v) is 10.1. The molecule has 0 atom stereocenters. The van der Waals surface area contributed by atoms with Gasteiger partial charge in [0.1, 0.15) is 30.8 Å². The molecule has 380 valence electrons. The highest BCUT2D eigenvalue weighted by Crippen LogP contribution is 2.37. The van der Waals surface area contributed by atoms with Gasteiger partial charge in [-0.05, 0) is 144 Å². The first-order valence-corrected chi connectivity index (χ1v) is 27.0. The molecule has 8 heteroatoms. The molecule has 0 spiro atoms. The summed E-state index contributed by atoms with van der Waals surface area (Å²) in [6.07, 6.45) is 17.0. The fraction of sp³-hybridized carbons (Fsp3) is 0.242. The summed E-state index contributed by atoms with van der Waals surface area (Å²) in [4.78, 5) is 4.23. The maximum absolute atomic E-state index is 12.9. The second-order valence-electron chi connectivity index (χ2n) is 20.5. The summed E-state index contributed by atoms with van der Waals surface area (Å²) in [6.45, 7) is 17.7. The summed E-state index contributed by atoms with van der Waals surface area (Å²) in [7, 11) is 3.47. The molecular formula is C66H73N4O3S+. The smallest absolute Gasteiger partial charge is 0.200 e. The predicted octanol–water partition coefficient (Wildman–Crippen LogP) is 13.5. The Morgan fingerprint density at radius 1 is 0.568 bits per heavy atom. The Hall–Kier alpha value is -7.39. The van der Waals surface area contributed by atoms with Crippen molar-refractivity contribution in [2.24, 2.45) is 0 Å². The molecule has 0 saturated carbocycles. The molecule has 0 saturated heterocycles. The third-order valence-corrected chi connectivity index (χ3v) is 14.4. The summed E-state index contributed by atoms with van der Waals surface area (Å²) < 4.78 is 43.1. The molecule has 0 radical (unpaired) electrons. The van der Waals surface area contributed by atoms with Crippen molar-refractivity contribution in [3.63, 3.8) is 0 Å². The molecular weight excluding hydrogens is 929 g/mol. The molecule has 0 aromatic heterocycles. The number of aryl methyl sites for hydroxylation is 2. The van der Waals surface area contributed by atoms with Crippen molar-refractivity contribution < 1.29 is 22.1 Å². The van der Waals surface area contributed by atoms with E-state index >= 15 is 0 Å². The number of nitrogens with zero attached hydrogens (tertiary/aromatic N) is 4. The number of hydrogen-bond acceptors (Lipinski definition) is 5. The minimum absolute atomic E-state index is 0.202. The van der Waals surface area contributed by atoms with Gasteiger partial charge < -0.3 is 14.4 Å². The van der Waals surface area contributed by atoms with Gasteiger partial charge in [-0.1, -0.05) is 141 Å². The lowest BCUT2D eigenvalue weighted by Gasteiger charge is -2.25. The average Bonchev–Trinajstić information content (AvgIpc) is 3.38. The lowest BCUT2D eigenvalue weighted by atomic mass is 9.84. The second-order valence-corrected chi connectivity index (χ2v) is 21.9. The zero-order valence-corrected chi connectivity index (χ0v) is 46.0. The Morgan fingerprint density at radius 3 is 1.59 bits per heavy atom. The molecule has 0 bridgehead atoms. The van der Waals surface area contributed by atoms with Crippen molar-refractivity contribution in [3.05, 3.63) is 255 Å². The van der Waals surface area contributed by atoms with E-state index in [-0.39, 0.29) is 10.3 Å². The van der Waals surface area contributed by atoms with Crippen LogP contribution in [0.3, 0.4) is 0 Å². The number of rotatable bonds is 13. The quantitative estimate of drug-likeness (QED) is 0.0852. The van der Waals surface area contributed by atoms with E-state index in [4.69, 9.17) is 0 Å². The Morgan fingerprint density at radius 2 is 1.08 bits per heavy atom. The summed E-state index contributed by atoms with van der Waals surface area (Å²) >= 11 is 0. The first-order valence-electron chi connectivity index (χ1n) is 25.6. The monoisotopic (exact) mass is 1000 g/mol. The van der Waals surface area contributed by atoms with E-state index in [1.165, 1.54) is 55.9 Å². The van der Waals surface area contributed by atoms with Gasteiger partial charge in [0.15, 0.2) is 18.0 Å². The first kappa shape index (κ1) is 54.4. The van der Waals surface area contributed by atoms with E-state index in [1.54, 1.807) is 12.1 Å². The van der Waals surface area contributed by atoms with Crippen LogP contribution in [-0.4, -0.2) is 74.8 Å². The number of benzene rings is 6. The average molecular weight is 1000 g/mol. The van der Waals surface area contributed by atoms with Crippen LogP contribution >= 0.6 is 0 Å². The van der Waals surface area contributed by atoms with Crippen molar-refractivity contribution in [3.8, 4) is 0 Å². The molecule has 7 nitrogen and oxygen atoms in total. The van der Waals surface area contributed by atoms with Gasteiger partial charge in [-0.2, -0.15) is 0 Å². The summed E-state index contributed by atoms with van der Waals surface area (Å²) in [6, 6.07) is 50.0. The molecule has 0 unspecified atom stereocenters. The third kappa shape index (κ3) is 13.8. The summed E-state index contributed by atoms with van der Waals surface area (Å²) in [5.74, 6) is 0. The van der Waals surface area contributed by atoms with Gasteiger partial charge >= 0.3 is 0 Å². The molecule has 0 fully saturated rings. The minimum atomic E-state index is -4.79. The van der Waals surface area contributed by atoms with Crippen molar-refractivity contribution in [1.82, 2.24) is 0 Å². The predicted molar refractivity (Wildman–Crippen MR) is 311 cm³/mol. The van der Waals surface area contributed by atoms with Gasteiger partial charge in [-0.25, -0.2) is 17.6 Å². The van der Waals surface area contributed by atoms with E-state index in [9.17, 15) is 13.0 Å². The molecule has 0 N–H and O–H groups in total. The van der Waals surface area contributed by atoms with Crippen LogP contribution in [0.25, 0.3) is 11.1 Å². The SMILES string of the molecule is CCN(Cc1cccc(C)c1)c1ccc(C(=C2C=CC(=[N+](CC)Cc3cccc(C)c3)C=C2)c2ccc(C(C)(C)C)cc2S(=O)(=O)[O-])cc1.CN(C)c1ccc(C(=C2C=CC(=[N+](C)C)C=C2)c2ccccc2)cc1. The van der Waals surface area contributed by atoms with Crippen LogP contribution in [0.5, 0.6) is 0 Å². The lowest BCUT2D eigenvalue weighted by molar-refractivity contribution is -0.539. The number of anilines is 2. The van der Waals surface area contributed by atoms with Gasteiger partial charge in [0.2, 0.25) is 0 Å². The van der Waals surface area contributed by atoms with E-state index in [1.807, 2.05) is 51.1 Å².